The zero-order valence-corrected chi connectivity index (χ0v) is 19.1. The van der Waals surface area contributed by atoms with Crippen molar-refractivity contribution in [3.05, 3.63) is 65.2 Å². The molecule has 0 heterocycles. The van der Waals surface area contributed by atoms with Gasteiger partial charge in [-0.05, 0) is 44.9 Å². The number of ether oxygens (including phenoxy) is 2. The summed E-state index contributed by atoms with van der Waals surface area (Å²) in [4.78, 5) is 27.2. The van der Waals surface area contributed by atoms with E-state index >= 15 is 0 Å². The van der Waals surface area contributed by atoms with Gasteiger partial charge >= 0.3 is 0 Å². The molecule has 168 valence electrons. The minimum absolute atomic E-state index is 0.159. The molecule has 0 aliphatic rings. The Balaban J connectivity index is 2.00. The lowest BCUT2D eigenvalue weighted by Crippen LogP contribution is -2.49. The summed E-state index contributed by atoms with van der Waals surface area (Å²) in [6.07, 6.45) is 0.866. The summed E-state index contributed by atoms with van der Waals surface area (Å²) < 4.78 is 11.1. The van der Waals surface area contributed by atoms with Crippen LogP contribution < -0.4 is 10.1 Å². The predicted octanol–water partition coefficient (Wildman–Crippen LogP) is 4.07. The Morgan fingerprint density at radius 2 is 1.71 bits per heavy atom. The van der Waals surface area contributed by atoms with Gasteiger partial charge in [0.15, 0.2) is 6.61 Å². The van der Waals surface area contributed by atoms with Gasteiger partial charge in [0.25, 0.3) is 5.91 Å². The van der Waals surface area contributed by atoms with Crippen molar-refractivity contribution in [2.24, 2.45) is 0 Å². The maximum absolute atomic E-state index is 13.0. The summed E-state index contributed by atoms with van der Waals surface area (Å²) in [5.74, 6) is -0.0828. The molecule has 2 rings (SSSR count). The highest BCUT2D eigenvalue weighted by molar-refractivity contribution is 6.32. The molecule has 2 amide bonds. The number of halogens is 1. The van der Waals surface area contributed by atoms with E-state index in [0.29, 0.717) is 36.9 Å². The lowest BCUT2D eigenvalue weighted by atomic mass is 10.1. The molecule has 2 aromatic rings. The zero-order chi connectivity index (χ0) is 22.6. The second kappa shape index (κ2) is 13.0. The summed E-state index contributed by atoms with van der Waals surface area (Å²) >= 11 is 6.11. The van der Waals surface area contributed by atoms with Crippen LogP contribution in [0.1, 0.15) is 32.8 Å². The van der Waals surface area contributed by atoms with Crippen LogP contribution in [0.3, 0.4) is 0 Å². The van der Waals surface area contributed by atoms with E-state index in [9.17, 15) is 9.59 Å². The van der Waals surface area contributed by atoms with E-state index in [4.69, 9.17) is 21.1 Å². The molecule has 0 saturated carbocycles. The lowest BCUT2D eigenvalue weighted by Gasteiger charge is -2.28. The first-order valence-corrected chi connectivity index (χ1v) is 10.9. The number of amides is 2. The number of carbonyl (C=O) groups is 2. The average molecular weight is 447 g/mol. The number of rotatable bonds is 12. The highest BCUT2D eigenvalue weighted by atomic mass is 35.5. The van der Waals surface area contributed by atoms with E-state index in [1.165, 1.54) is 4.90 Å². The fourth-order valence-electron chi connectivity index (χ4n) is 2.90. The molecule has 2 aromatic carbocycles. The second-order valence-electron chi connectivity index (χ2n) is 7.47. The van der Waals surface area contributed by atoms with Gasteiger partial charge in [-0.1, -0.05) is 54.1 Å². The number of nitrogens with zero attached hydrogens (tertiary/aromatic N) is 1. The summed E-state index contributed by atoms with van der Waals surface area (Å²) in [6, 6.07) is 15.9. The van der Waals surface area contributed by atoms with Crippen LogP contribution in [-0.2, 0) is 20.9 Å². The van der Waals surface area contributed by atoms with Gasteiger partial charge in [0, 0.05) is 19.7 Å². The monoisotopic (exact) mass is 446 g/mol. The molecule has 0 aliphatic heterocycles. The van der Waals surface area contributed by atoms with Crippen molar-refractivity contribution in [1.82, 2.24) is 10.2 Å². The standard InChI is InChI=1S/C24H31ClN2O4/c1-18(2)30-15-9-14-26-24(29)19(3)27(16-20-10-5-4-6-11-20)23(28)17-31-22-13-8-7-12-21(22)25/h4-8,10-13,18-19H,9,14-17H2,1-3H3,(H,26,29)/t19-/m1/s1. The third-order valence-electron chi connectivity index (χ3n) is 4.62. The van der Waals surface area contributed by atoms with Crippen molar-refractivity contribution in [1.29, 1.82) is 0 Å². The normalized spacial score (nSPS) is 11.8. The van der Waals surface area contributed by atoms with Gasteiger partial charge in [0.2, 0.25) is 5.91 Å². The van der Waals surface area contributed by atoms with Gasteiger partial charge in [0.1, 0.15) is 11.8 Å². The molecule has 1 atom stereocenters. The van der Waals surface area contributed by atoms with Crippen LogP contribution in [0.4, 0.5) is 0 Å². The number of para-hydroxylation sites is 1. The van der Waals surface area contributed by atoms with Gasteiger partial charge in [-0.2, -0.15) is 0 Å². The number of hydrogen-bond acceptors (Lipinski definition) is 4. The van der Waals surface area contributed by atoms with Crippen LogP contribution in [0.15, 0.2) is 54.6 Å². The molecule has 31 heavy (non-hydrogen) atoms. The Morgan fingerprint density at radius 3 is 2.39 bits per heavy atom. The van der Waals surface area contributed by atoms with Gasteiger partial charge < -0.3 is 19.7 Å². The molecule has 0 unspecified atom stereocenters. The largest absolute Gasteiger partial charge is 0.482 e. The van der Waals surface area contributed by atoms with Crippen molar-refractivity contribution in [3.8, 4) is 5.75 Å². The van der Waals surface area contributed by atoms with Gasteiger partial charge in [0.05, 0.1) is 11.1 Å². The molecule has 0 spiro atoms. The highest BCUT2D eigenvalue weighted by Gasteiger charge is 2.26. The minimum Gasteiger partial charge on any atom is -0.482 e. The van der Waals surface area contributed by atoms with Crippen LogP contribution in [0.25, 0.3) is 0 Å². The van der Waals surface area contributed by atoms with Crippen molar-refractivity contribution < 1.29 is 19.1 Å². The van der Waals surface area contributed by atoms with Crippen LogP contribution in [0.2, 0.25) is 5.02 Å². The Bertz CT molecular complexity index is 829. The van der Waals surface area contributed by atoms with Gasteiger partial charge in [-0.15, -0.1) is 0 Å². The molecule has 6 nitrogen and oxygen atoms in total. The van der Waals surface area contributed by atoms with E-state index < -0.39 is 6.04 Å². The van der Waals surface area contributed by atoms with E-state index in [2.05, 4.69) is 5.32 Å². The zero-order valence-electron chi connectivity index (χ0n) is 18.3. The summed E-state index contributed by atoms with van der Waals surface area (Å²) in [5, 5.41) is 3.32. The fourth-order valence-corrected chi connectivity index (χ4v) is 3.09. The van der Waals surface area contributed by atoms with Gasteiger partial charge in [-0.25, -0.2) is 0 Å². The average Bonchev–Trinajstić information content (AvgIpc) is 2.76. The third-order valence-corrected chi connectivity index (χ3v) is 4.93. The summed E-state index contributed by atoms with van der Waals surface area (Å²) in [6.45, 7) is 6.81. The van der Waals surface area contributed by atoms with Crippen LogP contribution in [0.5, 0.6) is 5.75 Å². The van der Waals surface area contributed by atoms with Crippen molar-refractivity contribution in [2.75, 3.05) is 19.8 Å². The smallest absolute Gasteiger partial charge is 0.261 e. The molecule has 0 aromatic heterocycles. The van der Waals surface area contributed by atoms with Crippen molar-refractivity contribution in [2.45, 2.75) is 45.9 Å². The fraction of sp³-hybridized carbons (Fsp3) is 0.417. The Morgan fingerprint density at radius 1 is 1.03 bits per heavy atom. The highest BCUT2D eigenvalue weighted by Crippen LogP contribution is 2.23. The van der Waals surface area contributed by atoms with Crippen molar-refractivity contribution >= 4 is 23.4 Å². The lowest BCUT2D eigenvalue weighted by molar-refractivity contribution is -0.142. The molecular formula is C24H31ClN2O4. The molecule has 1 N–H and O–H groups in total. The van der Waals surface area contributed by atoms with Crippen LogP contribution in [-0.4, -0.2) is 48.6 Å². The van der Waals surface area contributed by atoms with E-state index in [1.54, 1.807) is 31.2 Å². The first-order valence-electron chi connectivity index (χ1n) is 10.5. The minimum atomic E-state index is -0.659. The van der Waals surface area contributed by atoms with Crippen LogP contribution in [0, 0.1) is 0 Å². The molecule has 0 fully saturated rings. The Kier molecular flexibility index (Phi) is 10.3. The number of hydrogen-bond donors (Lipinski definition) is 1. The second-order valence-corrected chi connectivity index (χ2v) is 7.87. The first kappa shape index (κ1) is 24.7. The van der Waals surface area contributed by atoms with Crippen LogP contribution >= 0.6 is 11.6 Å². The molecule has 0 bridgehead atoms. The third kappa shape index (κ3) is 8.59. The molecule has 0 aliphatic carbocycles. The van der Waals surface area contributed by atoms with E-state index in [0.717, 1.165) is 5.56 Å². The summed E-state index contributed by atoms with van der Waals surface area (Å²) in [7, 11) is 0. The van der Waals surface area contributed by atoms with Crippen molar-refractivity contribution in [3.63, 3.8) is 0 Å². The number of benzene rings is 2. The molecule has 7 heteroatoms. The maximum Gasteiger partial charge on any atom is 0.261 e. The molecular weight excluding hydrogens is 416 g/mol. The van der Waals surface area contributed by atoms with E-state index in [1.807, 2.05) is 44.2 Å². The SMILES string of the molecule is CC(C)OCCCNC(=O)[C@@H](C)N(Cc1ccccc1)C(=O)COc1ccccc1Cl. The quantitative estimate of drug-likeness (QED) is 0.499. The Hall–Kier alpha value is -2.57. The topological polar surface area (TPSA) is 67.9 Å². The number of carbonyl (C=O) groups excluding carboxylic acids is 2. The molecule has 0 radical (unpaired) electrons. The molecule has 0 saturated heterocycles. The van der Waals surface area contributed by atoms with Gasteiger partial charge in [-0.3, -0.25) is 9.59 Å². The van der Waals surface area contributed by atoms with E-state index in [-0.39, 0.29) is 24.5 Å². The first-order chi connectivity index (χ1) is 14.9. The Labute approximate surface area is 189 Å². The number of nitrogens with one attached hydrogen (secondary N) is 1. The summed E-state index contributed by atoms with van der Waals surface area (Å²) in [5.41, 5.74) is 0.929. The maximum atomic E-state index is 13.0. The predicted molar refractivity (Wildman–Crippen MR) is 122 cm³/mol.